The van der Waals surface area contributed by atoms with Gasteiger partial charge in [-0.1, -0.05) is 48.5 Å². The van der Waals surface area contributed by atoms with Crippen LogP contribution in [-0.2, 0) is 20.7 Å². The summed E-state index contributed by atoms with van der Waals surface area (Å²) >= 11 is 0. The normalized spacial score (nSPS) is 11.9. The van der Waals surface area contributed by atoms with Gasteiger partial charge in [0.15, 0.2) is 0 Å². The van der Waals surface area contributed by atoms with Crippen LogP contribution in [0, 0.1) is 0 Å². The summed E-state index contributed by atoms with van der Waals surface area (Å²) in [5, 5.41) is 3.98. The van der Waals surface area contributed by atoms with E-state index in [0.29, 0.717) is 0 Å². The van der Waals surface area contributed by atoms with Gasteiger partial charge in [0.2, 0.25) is 5.91 Å². The molecule has 3 aromatic rings. The number of fused-ring (bicyclic) bond motifs is 1. The van der Waals surface area contributed by atoms with Crippen molar-refractivity contribution in [3.8, 4) is 0 Å². The van der Waals surface area contributed by atoms with Gasteiger partial charge in [0.25, 0.3) is 0 Å². The van der Waals surface area contributed by atoms with E-state index in [1.807, 2.05) is 60.8 Å². The number of methoxy groups -OCH3 is 1. The van der Waals surface area contributed by atoms with Crippen molar-refractivity contribution < 1.29 is 14.3 Å². The van der Waals surface area contributed by atoms with E-state index in [0.717, 1.165) is 22.0 Å². The highest BCUT2D eigenvalue weighted by atomic mass is 16.5. The molecule has 0 saturated carbocycles. The summed E-state index contributed by atoms with van der Waals surface area (Å²) in [6, 6.07) is 16.9. The molecule has 5 nitrogen and oxygen atoms in total. The number of aromatic amines is 1. The first-order chi connectivity index (χ1) is 12.2. The van der Waals surface area contributed by atoms with Gasteiger partial charge in [0, 0.05) is 17.1 Å². The summed E-state index contributed by atoms with van der Waals surface area (Å²) in [7, 11) is 1.35. The number of H-pyrrole nitrogens is 1. The lowest BCUT2D eigenvalue weighted by Gasteiger charge is -2.18. The Morgan fingerprint density at radius 3 is 2.56 bits per heavy atom. The maximum absolute atomic E-state index is 12.5. The Kier molecular flexibility index (Phi) is 5.14. The molecule has 1 atom stereocenters. The van der Waals surface area contributed by atoms with E-state index >= 15 is 0 Å². The molecule has 0 saturated heterocycles. The lowest BCUT2D eigenvalue weighted by atomic mass is 10.0. The standard InChI is InChI=1S/C20H20N2O3/c1-25-20(24)12-18(14-7-3-2-4-8-14)22-19(23)11-15-13-21-17-10-6-5-9-16(15)17/h2-10,13,18,21H,11-12H2,1H3,(H,22,23). The van der Waals surface area contributed by atoms with Gasteiger partial charge >= 0.3 is 5.97 Å². The van der Waals surface area contributed by atoms with Crippen LogP contribution in [0.4, 0.5) is 0 Å². The first-order valence-electron chi connectivity index (χ1n) is 8.13. The fraction of sp³-hybridized carbons (Fsp3) is 0.200. The molecule has 0 spiro atoms. The Balaban J connectivity index is 1.74. The number of rotatable bonds is 6. The van der Waals surface area contributed by atoms with Gasteiger partial charge in [-0.2, -0.15) is 0 Å². The van der Waals surface area contributed by atoms with E-state index in [-0.39, 0.29) is 24.7 Å². The molecule has 25 heavy (non-hydrogen) atoms. The van der Waals surface area contributed by atoms with Gasteiger partial charge in [0.1, 0.15) is 0 Å². The molecular formula is C20H20N2O3. The van der Waals surface area contributed by atoms with Gasteiger partial charge in [-0.3, -0.25) is 9.59 Å². The second kappa shape index (κ2) is 7.66. The van der Waals surface area contributed by atoms with Crippen molar-refractivity contribution in [1.82, 2.24) is 10.3 Å². The number of nitrogens with one attached hydrogen (secondary N) is 2. The van der Waals surface area contributed by atoms with Gasteiger partial charge in [0.05, 0.1) is 26.0 Å². The second-order valence-electron chi connectivity index (χ2n) is 5.85. The molecule has 0 fully saturated rings. The van der Waals surface area contributed by atoms with Gasteiger partial charge in [-0.05, 0) is 17.2 Å². The van der Waals surface area contributed by atoms with Crippen LogP contribution in [0.2, 0.25) is 0 Å². The third kappa shape index (κ3) is 4.07. The van der Waals surface area contributed by atoms with Crippen LogP contribution in [0.25, 0.3) is 10.9 Å². The van der Waals surface area contributed by atoms with Crippen molar-refractivity contribution >= 4 is 22.8 Å². The van der Waals surface area contributed by atoms with E-state index < -0.39 is 6.04 Å². The van der Waals surface area contributed by atoms with Crippen molar-refractivity contribution in [3.05, 3.63) is 71.9 Å². The number of hydrogen-bond donors (Lipinski definition) is 2. The van der Waals surface area contributed by atoms with Crippen molar-refractivity contribution in [1.29, 1.82) is 0 Å². The number of carbonyl (C=O) groups is 2. The van der Waals surface area contributed by atoms with E-state index in [9.17, 15) is 9.59 Å². The van der Waals surface area contributed by atoms with Crippen LogP contribution in [0.3, 0.4) is 0 Å². The lowest BCUT2D eigenvalue weighted by Crippen LogP contribution is -2.31. The molecule has 5 heteroatoms. The molecule has 128 valence electrons. The van der Waals surface area contributed by atoms with Crippen LogP contribution < -0.4 is 5.32 Å². The summed E-state index contributed by atoms with van der Waals surface area (Å²) in [4.78, 5) is 27.4. The largest absolute Gasteiger partial charge is 0.469 e. The van der Waals surface area contributed by atoms with E-state index in [1.54, 1.807) is 0 Å². The number of hydrogen-bond acceptors (Lipinski definition) is 3. The third-order valence-electron chi connectivity index (χ3n) is 4.16. The minimum absolute atomic E-state index is 0.0974. The fourth-order valence-corrected chi connectivity index (χ4v) is 2.88. The molecule has 1 unspecified atom stereocenters. The minimum atomic E-state index is -0.411. The van der Waals surface area contributed by atoms with Crippen molar-refractivity contribution in [2.24, 2.45) is 0 Å². The Morgan fingerprint density at radius 2 is 1.80 bits per heavy atom. The molecule has 2 aromatic carbocycles. The topological polar surface area (TPSA) is 71.2 Å². The molecule has 2 N–H and O–H groups in total. The van der Waals surface area contributed by atoms with E-state index in [4.69, 9.17) is 4.74 Å². The zero-order valence-corrected chi connectivity index (χ0v) is 14.0. The van der Waals surface area contributed by atoms with Crippen LogP contribution in [0.1, 0.15) is 23.6 Å². The highest BCUT2D eigenvalue weighted by Crippen LogP contribution is 2.20. The molecule has 0 bridgehead atoms. The van der Waals surface area contributed by atoms with Crippen LogP contribution in [0.15, 0.2) is 60.8 Å². The number of amides is 1. The first-order valence-corrected chi connectivity index (χ1v) is 8.13. The summed E-state index contributed by atoms with van der Waals surface area (Å²) in [5.74, 6) is -0.497. The maximum Gasteiger partial charge on any atom is 0.307 e. The molecule has 0 aliphatic heterocycles. The quantitative estimate of drug-likeness (QED) is 0.679. The third-order valence-corrected chi connectivity index (χ3v) is 4.16. The zero-order chi connectivity index (χ0) is 17.6. The number of ether oxygens (including phenoxy) is 1. The van der Waals surface area contributed by atoms with Crippen molar-refractivity contribution in [2.45, 2.75) is 18.9 Å². The molecule has 0 aliphatic rings. The predicted octanol–water partition coefficient (Wildman–Crippen LogP) is 3.13. The molecular weight excluding hydrogens is 316 g/mol. The number of aromatic nitrogens is 1. The summed E-state index contributed by atoms with van der Waals surface area (Å²) in [5.41, 5.74) is 2.80. The van der Waals surface area contributed by atoms with Gasteiger partial charge in [-0.15, -0.1) is 0 Å². The monoisotopic (exact) mass is 336 g/mol. The van der Waals surface area contributed by atoms with Crippen LogP contribution >= 0.6 is 0 Å². The summed E-state index contributed by atoms with van der Waals surface area (Å²) in [6.45, 7) is 0. The van der Waals surface area contributed by atoms with Crippen LogP contribution in [0.5, 0.6) is 0 Å². The maximum atomic E-state index is 12.5. The average molecular weight is 336 g/mol. The highest BCUT2D eigenvalue weighted by molar-refractivity contribution is 5.89. The lowest BCUT2D eigenvalue weighted by molar-refractivity contribution is -0.141. The van der Waals surface area contributed by atoms with Crippen molar-refractivity contribution in [2.75, 3.05) is 7.11 Å². The number of para-hydroxylation sites is 1. The SMILES string of the molecule is COC(=O)CC(NC(=O)Cc1c[nH]c2ccccc12)c1ccccc1. The van der Waals surface area contributed by atoms with Crippen molar-refractivity contribution in [3.63, 3.8) is 0 Å². The second-order valence-corrected chi connectivity index (χ2v) is 5.85. The first kappa shape index (κ1) is 16.8. The Labute approximate surface area is 146 Å². The Bertz CT molecular complexity index is 871. The number of carbonyl (C=O) groups excluding carboxylic acids is 2. The molecule has 1 heterocycles. The molecule has 1 aromatic heterocycles. The molecule has 3 rings (SSSR count). The summed E-state index contributed by atoms with van der Waals surface area (Å²) < 4.78 is 4.75. The van der Waals surface area contributed by atoms with Gasteiger partial charge < -0.3 is 15.0 Å². The highest BCUT2D eigenvalue weighted by Gasteiger charge is 2.19. The Hall–Kier alpha value is -3.08. The molecule has 0 aliphatic carbocycles. The van der Waals surface area contributed by atoms with Crippen LogP contribution in [-0.4, -0.2) is 24.0 Å². The smallest absolute Gasteiger partial charge is 0.307 e. The minimum Gasteiger partial charge on any atom is -0.469 e. The fourth-order valence-electron chi connectivity index (χ4n) is 2.88. The van der Waals surface area contributed by atoms with E-state index in [1.165, 1.54) is 7.11 Å². The Morgan fingerprint density at radius 1 is 1.08 bits per heavy atom. The predicted molar refractivity (Wildman–Crippen MR) is 96.0 cm³/mol. The summed E-state index contributed by atoms with van der Waals surface area (Å²) in [6.07, 6.45) is 2.19. The molecule has 0 radical (unpaired) electrons. The van der Waals surface area contributed by atoms with Gasteiger partial charge in [-0.25, -0.2) is 0 Å². The molecule has 1 amide bonds. The number of benzene rings is 2. The zero-order valence-electron chi connectivity index (χ0n) is 14.0. The average Bonchev–Trinajstić information content (AvgIpc) is 3.04. The van der Waals surface area contributed by atoms with E-state index in [2.05, 4.69) is 10.3 Å². The number of esters is 1.